The molecule has 2 aromatic rings. The standard InChI is InChI=1S/C17H23N3O2S2/c1-4-7-18-15(21)11(3)23-17-20-19-16(22-17)14-9-12-8-10(2)5-6-13(12)24-14/h9-11H,4-8H2,1-3H3,(H,18,21)/t10-,11+/m0/s1. The largest absolute Gasteiger partial charge is 0.410 e. The van der Waals surface area contributed by atoms with E-state index >= 15 is 0 Å². The maximum Gasteiger partial charge on any atom is 0.277 e. The minimum Gasteiger partial charge on any atom is -0.410 e. The van der Waals surface area contributed by atoms with Crippen LogP contribution in [-0.4, -0.2) is 27.9 Å². The molecule has 1 N–H and O–H groups in total. The average molecular weight is 366 g/mol. The van der Waals surface area contributed by atoms with Gasteiger partial charge in [-0.15, -0.1) is 21.5 Å². The molecule has 3 rings (SSSR count). The van der Waals surface area contributed by atoms with Crippen LogP contribution in [0.3, 0.4) is 0 Å². The van der Waals surface area contributed by atoms with Crippen LogP contribution in [0.4, 0.5) is 0 Å². The number of thiophene rings is 1. The third kappa shape index (κ3) is 4.00. The highest BCUT2D eigenvalue weighted by Gasteiger charge is 2.22. The monoisotopic (exact) mass is 365 g/mol. The highest BCUT2D eigenvalue weighted by molar-refractivity contribution is 8.00. The first kappa shape index (κ1) is 17.5. The molecule has 0 spiro atoms. The van der Waals surface area contributed by atoms with Gasteiger partial charge in [-0.05, 0) is 50.2 Å². The number of rotatable bonds is 6. The molecule has 1 aliphatic carbocycles. The number of aryl methyl sites for hydroxylation is 1. The molecule has 0 unspecified atom stereocenters. The second-order valence-corrected chi connectivity index (χ2v) is 8.76. The van der Waals surface area contributed by atoms with Crippen LogP contribution in [0.15, 0.2) is 15.7 Å². The van der Waals surface area contributed by atoms with E-state index in [0.717, 1.165) is 30.1 Å². The van der Waals surface area contributed by atoms with Crippen LogP contribution in [0.2, 0.25) is 0 Å². The lowest BCUT2D eigenvalue weighted by atomic mass is 9.90. The van der Waals surface area contributed by atoms with E-state index < -0.39 is 0 Å². The summed E-state index contributed by atoms with van der Waals surface area (Å²) < 4.78 is 5.77. The van der Waals surface area contributed by atoms with Crippen molar-refractivity contribution in [2.24, 2.45) is 5.92 Å². The second kappa shape index (κ2) is 7.70. The molecule has 2 heterocycles. The summed E-state index contributed by atoms with van der Waals surface area (Å²) in [6, 6.07) is 2.19. The summed E-state index contributed by atoms with van der Waals surface area (Å²) in [7, 11) is 0. The third-order valence-corrected chi connectivity index (χ3v) is 6.30. The van der Waals surface area contributed by atoms with Gasteiger partial charge >= 0.3 is 0 Å². The van der Waals surface area contributed by atoms with Crippen molar-refractivity contribution in [3.05, 3.63) is 16.5 Å². The van der Waals surface area contributed by atoms with Crippen molar-refractivity contribution in [3.8, 4) is 10.8 Å². The Kier molecular flexibility index (Phi) is 5.61. The summed E-state index contributed by atoms with van der Waals surface area (Å²) in [5.74, 6) is 1.31. The number of hydrogen-bond acceptors (Lipinski definition) is 6. The van der Waals surface area contributed by atoms with Gasteiger partial charge in [0.05, 0.1) is 10.1 Å². The van der Waals surface area contributed by atoms with Crippen molar-refractivity contribution in [2.75, 3.05) is 6.54 Å². The molecule has 0 bridgehead atoms. The van der Waals surface area contributed by atoms with E-state index in [1.54, 1.807) is 11.3 Å². The first-order valence-corrected chi connectivity index (χ1v) is 10.2. The van der Waals surface area contributed by atoms with Crippen LogP contribution in [0, 0.1) is 5.92 Å². The predicted molar refractivity (Wildman–Crippen MR) is 97.4 cm³/mol. The Balaban J connectivity index is 1.66. The molecular weight excluding hydrogens is 342 g/mol. The SMILES string of the molecule is CCCNC(=O)[C@@H](C)Sc1nnc(-c2cc3c(s2)CC[C@H](C)C3)o1. The molecule has 0 saturated heterocycles. The number of nitrogens with zero attached hydrogens (tertiary/aromatic N) is 2. The van der Waals surface area contributed by atoms with E-state index in [1.165, 1.54) is 28.6 Å². The van der Waals surface area contributed by atoms with Crippen molar-refractivity contribution >= 4 is 29.0 Å². The summed E-state index contributed by atoms with van der Waals surface area (Å²) >= 11 is 3.06. The summed E-state index contributed by atoms with van der Waals surface area (Å²) in [6.45, 7) is 6.87. The molecule has 0 radical (unpaired) electrons. The van der Waals surface area contributed by atoms with E-state index in [0.29, 0.717) is 17.7 Å². The van der Waals surface area contributed by atoms with Crippen LogP contribution in [0.25, 0.3) is 10.8 Å². The summed E-state index contributed by atoms with van der Waals surface area (Å²) in [5.41, 5.74) is 1.42. The van der Waals surface area contributed by atoms with Crippen molar-refractivity contribution < 1.29 is 9.21 Å². The molecule has 7 heteroatoms. The Morgan fingerprint density at radius 1 is 1.54 bits per heavy atom. The number of nitrogens with one attached hydrogen (secondary N) is 1. The zero-order chi connectivity index (χ0) is 17.1. The predicted octanol–water partition coefficient (Wildman–Crippen LogP) is 3.93. The van der Waals surface area contributed by atoms with Crippen LogP contribution >= 0.6 is 23.1 Å². The first-order valence-electron chi connectivity index (χ1n) is 8.46. The number of amides is 1. The van der Waals surface area contributed by atoms with Crippen molar-refractivity contribution in [1.29, 1.82) is 0 Å². The quantitative estimate of drug-likeness (QED) is 0.786. The first-order chi connectivity index (χ1) is 11.6. The minimum atomic E-state index is -0.248. The number of carbonyl (C=O) groups excluding carboxylic acids is 1. The molecule has 24 heavy (non-hydrogen) atoms. The zero-order valence-corrected chi connectivity index (χ0v) is 15.9. The summed E-state index contributed by atoms with van der Waals surface area (Å²) in [5, 5.41) is 11.3. The van der Waals surface area contributed by atoms with Crippen molar-refractivity contribution in [2.45, 2.75) is 56.9 Å². The van der Waals surface area contributed by atoms with Gasteiger partial charge < -0.3 is 9.73 Å². The Morgan fingerprint density at radius 2 is 2.38 bits per heavy atom. The van der Waals surface area contributed by atoms with Gasteiger partial charge in [0.25, 0.3) is 11.1 Å². The fraction of sp³-hybridized carbons (Fsp3) is 0.588. The molecule has 0 aromatic carbocycles. The summed E-state index contributed by atoms with van der Waals surface area (Å²) in [4.78, 5) is 14.4. The lowest BCUT2D eigenvalue weighted by Crippen LogP contribution is -2.31. The Hall–Kier alpha value is -1.34. The molecule has 5 nitrogen and oxygen atoms in total. The number of fused-ring (bicyclic) bond motifs is 1. The Morgan fingerprint density at radius 3 is 3.17 bits per heavy atom. The Labute approximate surface area is 150 Å². The lowest BCUT2D eigenvalue weighted by molar-refractivity contribution is -0.120. The van der Waals surface area contributed by atoms with E-state index in [9.17, 15) is 4.79 Å². The van der Waals surface area contributed by atoms with E-state index in [1.807, 2.05) is 13.8 Å². The van der Waals surface area contributed by atoms with Crippen molar-refractivity contribution in [1.82, 2.24) is 15.5 Å². The normalized spacial score (nSPS) is 18.2. The molecule has 130 valence electrons. The highest BCUT2D eigenvalue weighted by atomic mass is 32.2. The van der Waals surface area contributed by atoms with Gasteiger partial charge in [0, 0.05) is 11.4 Å². The topological polar surface area (TPSA) is 68.0 Å². The smallest absolute Gasteiger partial charge is 0.277 e. The van der Waals surface area contributed by atoms with Gasteiger partial charge in [-0.25, -0.2) is 0 Å². The fourth-order valence-electron chi connectivity index (χ4n) is 2.76. The third-order valence-electron chi connectivity index (χ3n) is 4.14. The Bertz CT molecular complexity index is 711. The highest BCUT2D eigenvalue weighted by Crippen LogP contribution is 2.37. The molecule has 0 aliphatic heterocycles. The molecule has 2 atom stereocenters. The van der Waals surface area contributed by atoms with Crippen LogP contribution in [0.5, 0.6) is 0 Å². The maximum absolute atomic E-state index is 11.9. The minimum absolute atomic E-state index is 0.00201. The lowest BCUT2D eigenvalue weighted by Gasteiger charge is -2.16. The van der Waals surface area contributed by atoms with Gasteiger partial charge in [-0.3, -0.25) is 4.79 Å². The molecule has 0 fully saturated rings. The maximum atomic E-state index is 11.9. The van der Waals surface area contributed by atoms with Crippen LogP contribution < -0.4 is 5.32 Å². The van der Waals surface area contributed by atoms with Gasteiger partial charge in [0.2, 0.25) is 5.91 Å². The van der Waals surface area contributed by atoms with E-state index in [-0.39, 0.29) is 11.2 Å². The van der Waals surface area contributed by atoms with Crippen LogP contribution in [-0.2, 0) is 17.6 Å². The molecule has 2 aromatic heterocycles. The molecular formula is C17H23N3O2S2. The number of thioether (sulfide) groups is 1. The zero-order valence-electron chi connectivity index (χ0n) is 14.3. The average Bonchev–Trinajstić information content (AvgIpc) is 3.18. The van der Waals surface area contributed by atoms with Gasteiger partial charge in [-0.1, -0.05) is 25.6 Å². The van der Waals surface area contributed by atoms with Gasteiger partial charge in [0.15, 0.2) is 0 Å². The number of carbonyl (C=O) groups is 1. The molecule has 1 aliphatic rings. The van der Waals surface area contributed by atoms with Gasteiger partial charge in [-0.2, -0.15) is 0 Å². The number of hydrogen-bond donors (Lipinski definition) is 1. The number of aromatic nitrogens is 2. The molecule has 0 saturated carbocycles. The van der Waals surface area contributed by atoms with E-state index in [2.05, 4.69) is 28.5 Å². The van der Waals surface area contributed by atoms with Crippen molar-refractivity contribution in [3.63, 3.8) is 0 Å². The van der Waals surface area contributed by atoms with E-state index in [4.69, 9.17) is 4.42 Å². The van der Waals surface area contributed by atoms with Gasteiger partial charge in [0.1, 0.15) is 0 Å². The fourth-order valence-corrected chi connectivity index (χ4v) is 4.60. The van der Waals surface area contributed by atoms with Crippen LogP contribution in [0.1, 0.15) is 44.1 Å². The molecule has 1 amide bonds. The summed E-state index contributed by atoms with van der Waals surface area (Å²) in [6.07, 6.45) is 4.46. The second-order valence-electron chi connectivity index (χ2n) is 6.33.